The van der Waals surface area contributed by atoms with Gasteiger partial charge in [0.25, 0.3) is 5.95 Å². The van der Waals surface area contributed by atoms with E-state index < -0.39 is 0 Å². The summed E-state index contributed by atoms with van der Waals surface area (Å²) >= 11 is 1.82. The third-order valence-electron chi connectivity index (χ3n) is 10.4. The summed E-state index contributed by atoms with van der Waals surface area (Å²) in [4.78, 5) is 10.9. The van der Waals surface area contributed by atoms with Crippen LogP contribution in [-0.4, -0.2) is 25.7 Å². The topological polar surface area (TPSA) is 32.3 Å². The van der Waals surface area contributed by atoms with Crippen molar-refractivity contribution in [1.29, 1.82) is 0 Å². The average molecular weight is 688 g/mol. The van der Waals surface area contributed by atoms with Crippen molar-refractivity contribution in [3.8, 4) is 22.4 Å². The lowest BCUT2D eigenvalue weighted by Crippen LogP contribution is -2.40. The molecule has 8 aromatic carbocycles. The molecule has 0 bridgehead atoms. The minimum Gasteiger partial charge on any atom is -0.246 e. The smallest absolute Gasteiger partial charge is 0.246 e. The van der Waals surface area contributed by atoms with Crippen LogP contribution in [0.4, 0.5) is 23.0 Å². The maximum Gasteiger partial charge on any atom is 0.251 e. The lowest BCUT2D eigenvalue weighted by atomic mass is 9.82. The van der Waals surface area contributed by atoms with E-state index in [1.807, 2.05) is 41.7 Å². The van der Waals surface area contributed by atoms with E-state index in [0.29, 0.717) is 16.9 Å². The number of nitrogens with zero attached hydrogens (tertiary/aromatic N) is 4. The second-order valence-corrected chi connectivity index (χ2v) is 14.5. The first-order valence-corrected chi connectivity index (χ1v) is 18.4. The molecule has 2 aromatic heterocycles. The molecule has 0 fully saturated rings. The van der Waals surface area contributed by atoms with Gasteiger partial charge in [0.05, 0.1) is 33.0 Å². The van der Waals surface area contributed by atoms with E-state index in [-0.39, 0.29) is 0 Å². The van der Waals surface area contributed by atoms with Crippen LogP contribution in [-0.2, 0) is 0 Å². The van der Waals surface area contributed by atoms with E-state index in [9.17, 15) is 0 Å². The molecule has 53 heavy (non-hydrogen) atoms. The molecule has 0 spiro atoms. The Kier molecular flexibility index (Phi) is 6.58. The van der Waals surface area contributed by atoms with E-state index in [4.69, 9.17) is 25.7 Å². The summed E-state index contributed by atoms with van der Waals surface area (Å²) in [5, 5.41) is 12.7. The van der Waals surface area contributed by atoms with Crippen LogP contribution < -0.4 is 20.9 Å². The summed E-state index contributed by atoms with van der Waals surface area (Å²) in [6.45, 7) is 0. The Morgan fingerprint density at radius 2 is 1.23 bits per heavy atom. The minimum absolute atomic E-state index is 0.535. The fraction of sp³-hybridized carbons (Fsp3) is 0. The maximum absolute atomic E-state index is 6.70. The first-order chi connectivity index (χ1) is 26.1. The van der Waals surface area contributed by atoms with Crippen LogP contribution in [0, 0.1) is 0 Å². The molecular formula is C46H26B2N4S. The zero-order valence-electron chi connectivity index (χ0n) is 28.4. The van der Waals surface area contributed by atoms with Gasteiger partial charge in [0.2, 0.25) is 0 Å². The number of benzene rings is 8. The second-order valence-electron chi connectivity index (χ2n) is 13.4. The molecule has 242 valence electrons. The van der Waals surface area contributed by atoms with Gasteiger partial charge in [-0.3, -0.25) is 0 Å². The van der Waals surface area contributed by atoms with Crippen molar-refractivity contribution in [3.05, 3.63) is 158 Å². The molecule has 0 N–H and O–H groups in total. The van der Waals surface area contributed by atoms with E-state index in [1.54, 1.807) is 6.07 Å². The average Bonchev–Trinajstić information content (AvgIpc) is 3.60. The first kappa shape index (κ1) is 30.2. The quantitative estimate of drug-likeness (QED) is 0.173. The third kappa shape index (κ3) is 4.44. The van der Waals surface area contributed by atoms with Gasteiger partial charge < -0.3 is 0 Å². The highest BCUT2D eigenvalue weighted by molar-refractivity contribution is 7.26. The number of anilines is 4. The predicted octanol–water partition coefficient (Wildman–Crippen LogP) is 10.4. The molecule has 11 rings (SSSR count). The van der Waals surface area contributed by atoms with E-state index in [2.05, 4.69) is 131 Å². The highest BCUT2D eigenvalue weighted by atomic mass is 32.1. The van der Waals surface area contributed by atoms with Crippen LogP contribution in [0.2, 0.25) is 0 Å². The van der Waals surface area contributed by atoms with Crippen LogP contribution in [0.3, 0.4) is 0 Å². The highest BCUT2D eigenvalue weighted by Crippen LogP contribution is 2.58. The van der Waals surface area contributed by atoms with E-state index >= 15 is 0 Å². The number of fused-ring (bicyclic) bond motifs is 13. The lowest BCUT2D eigenvalue weighted by molar-refractivity contribution is 0.933. The van der Waals surface area contributed by atoms with Crippen LogP contribution in [0.5, 0.6) is 0 Å². The van der Waals surface area contributed by atoms with E-state index in [1.165, 1.54) is 47.3 Å². The van der Waals surface area contributed by atoms with Gasteiger partial charge in [0.15, 0.2) is 0 Å². The molecular weight excluding hydrogens is 662 g/mol. The first-order valence-electron chi connectivity index (χ1n) is 17.6. The highest BCUT2D eigenvalue weighted by Gasteiger charge is 2.38. The van der Waals surface area contributed by atoms with Gasteiger partial charge in [-0.05, 0) is 57.4 Å². The van der Waals surface area contributed by atoms with Gasteiger partial charge in [-0.25, -0.2) is 20.0 Å². The van der Waals surface area contributed by atoms with Crippen molar-refractivity contribution in [2.75, 3.05) is 10.0 Å². The number of hydrogen-bond donors (Lipinski definition) is 0. The summed E-state index contributed by atoms with van der Waals surface area (Å²) in [6, 6.07) is 55.0. The Morgan fingerprint density at radius 1 is 0.528 bits per heavy atom. The summed E-state index contributed by atoms with van der Waals surface area (Å²) in [7, 11) is 12.9. The molecule has 1 aliphatic rings. The minimum atomic E-state index is 0.535. The van der Waals surface area contributed by atoms with Gasteiger partial charge >= 0.3 is 0 Å². The fourth-order valence-electron chi connectivity index (χ4n) is 8.18. The monoisotopic (exact) mass is 688 g/mol. The Balaban J connectivity index is 1.36. The van der Waals surface area contributed by atoms with Crippen molar-refractivity contribution < 1.29 is 0 Å². The molecule has 0 aliphatic carbocycles. The Morgan fingerprint density at radius 3 is 2.06 bits per heavy atom. The SMILES string of the molecule is [B]c1ccc(-c2nc(N3c4c(c5ccccc5c5c4sc4ccccc45)-c4c(ccc5ccccc45)N3c3ccccc3)nc3ccccc23)c([B])c1. The molecule has 3 heterocycles. The maximum atomic E-state index is 6.70. The van der Waals surface area contributed by atoms with Crippen molar-refractivity contribution in [2.45, 2.75) is 0 Å². The van der Waals surface area contributed by atoms with Crippen LogP contribution in [0.1, 0.15) is 0 Å². The lowest BCUT2D eigenvalue weighted by Gasteiger charge is -2.43. The molecule has 0 amide bonds. The fourth-order valence-corrected chi connectivity index (χ4v) is 9.43. The number of rotatable bonds is 3. The summed E-state index contributed by atoms with van der Waals surface area (Å²) in [5.41, 5.74) is 8.94. The molecule has 7 heteroatoms. The summed E-state index contributed by atoms with van der Waals surface area (Å²) < 4.78 is 2.40. The van der Waals surface area contributed by atoms with Gasteiger partial charge in [-0.1, -0.05) is 138 Å². The van der Waals surface area contributed by atoms with Crippen molar-refractivity contribution in [3.63, 3.8) is 0 Å². The van der Waals surface area contributed by atoms with Crippen LogP contribution in [0.15, 0.2) is 158 Å². The Bertz CT molecular complexity index is 3120. The molecule has 0 saturated carbocycles. The number of aromatic nitrogens is 2. The number of para-hydroxylation sites is 2. The van der Waals surface area contributed by atoms with Crippen molar-refractivity contribution in [2.24, 2.45) is 0 Å². The number of thiophene rings is 1. The van der Waals surface area contributed by atoms with E-state index in [0.717, 1.165) is 44.8 Å². The number of hydrogen-bond acceptors (Lipinski definition) is 5. The zero-order valence-corrected chi connectivity index (χ0v) is 29.2. The van der Waals surface area contributed by atoms with Gasteiger partial charge in [-0.2, -0.15) is 0 Å². The molecule has 10 aromatic rings. The normalized spacial score (nSPS) is 12.6. The van der Waals surface area contributed by atoms with Crippen LogP contribution >= 0.6 is 11.3 Å². The molecule has 0 saturated heterocycles. The predicted molar refractivity (Wildman–Crippen MR) is 226 cm³/mol. The van der Waals surface area contributed by atoms with Crippen molar-refractivity contribution >= 4 is 114 Å². The molecule has 4 radical (unpaired) electrons. The Labute approximate surface area is 312 Å². The second kappa shape index (κ2) is 11.5. The molecule has 0 unspecified atom stereocenters. The Hall–Kier alpha value is -6.43. The zero-order chi connectivity index (χ0) is 35.2. The van der Waals surface area contributed by atoms with Crippen molar-refractivity contribution in [1.82, 2.24) is 9.97 Å². The largest absolute Gasteiger partial charge is 0.251 e. The molecule has 4 nitrogen and oxygen atoms in total. The van der Waals surface area contributed by atoms with Crippen LogP contribution in [0.25, 0.3) is 75.0 Å². The molecule has 1 aliphatic heterocycles. The van der Waals surface area contributed by atoms with Gasteiger partial charge in [-0.15, -0.1) is 11.3 Å². The number of hydrazine groups is 1. The summed E-state index contributed by atoms with van der Waals surface area (Å²) in [5.74, 6) is 0.535. The molecule has 0 atom stereocenters. The third-order valence-corrected chi connectivity index (χ3v) is 11.6. The summed E-state index contributed by atoms with van der Waals surface area (Å²) in [6.07, 6.45) is 0. The standard InChI is InChI=1S/C46H26B2N4S/c47-28-23-24-33(36(48)26-28)43-34-18-8-10-20-37(34)49-46(50-43)52-44-42(32-17-7-6-16-31(32)40-35-19-9-11-21-39(35)53-45(40)44)41-30-15-5-4-12-27(30)22-25-38(41)51(52)29-13-2-1-3-14-29/h1-26H. The van der Waals surface area contributed by atoms with Gasteiger partial charge in [0, 0.05) is 32.0 Å². The van der Waals surface area contributed by atoms with Gasteiger partial charge in [0.1, 0.15) is 15.7 Å².